The first-order chi connectivity index (χ1) is 26.1. The van der Waals surface area contributed by atoms with E-state index < -0.39 is 11.7 Å². The van der Waals surface area contributed by atoms with Gasteiger partial charge in [0.05, 0.1) is 39.7 Å². The molecule has 0 aliphatic heterocycles. The monoisotopic (exact) mass is 732 g/mol. The minimum Gasteiger partial charge on any atom is -0.254 e. The fourth-order valence-electron chi connectivity index (χ4n) is 7.17. The molecular weight excluding hydrogens is 690 g/mol. The van der Waals surface area contributed by atoms with Gasteiger partial charge in [0.15, 0.2) is 0 Å². The zero-order valence-corrected chi connectivity index (χ0v) is 32.1. The average Bonchev–Trinajstić information content (AvgIpc) is 3.17. The minimum absolute atomic E-state index is 0.0545. The summed E-state index contributed by atoms with van der Waals surface area (Å²) in [5.74, 6) is 0. The second-order valence-electron chi connectivity index (χ2n) is 15.9. The van der Waals surface area contributed by atoms with Crippen LogP contribution in [0.3, 0.4) is 0 Å². The van der Waals surface area contributed by atoms with Crippen LogP contribution in [0.2, 0.25) is 0 Å². The van der Waals surface area contributed by atoms with Gasteiger partial charge in [0.25, 0.3) is 0 Å². The molecule has 4 aromatic heterocycles. The molecule has 4 heterocycles. The average molecular weight is 733 g/mol. The number of pyridine rings is 4. The van der Waals surface area contributed by atoms with Crippen LogP contribution in [0.4, 0.5) is 13.2 Å². The van der Waals surface area contributed by atoms with Crippen LogP contribution < -0.4 is 0 Å². The number of nitrogens with zero attached hydrogens (tertiary/aromatic N) is 4. The lowest BCUT2D eigenvalue weighted by Crippen LogP contribution is -2.14. The van der Waals surface area contributed by atoms with Crippen molar-refractivity contribution in [2.75, 3.05) is 0 Å². The maximum absolute atomic E-state index is 14.9. The van der Waals surface area contributed by atoms with Crippen LogP contribution in [0.15, 0.2) is 134 Å². The fraction of sp³-hybridized carbons (Fsp3) is 0.208. The number of aryl methyl sites for hydroxylation is 1. The third kappa shape index (κ3) is 7.57. The number of aromatic nitrogens is 4. The van der Waals surface area contributed by atoms with E-state index in [1.54, 1.807) is 18.5 Å². The molecule has 0 atom stereocenters. The summed E-state index contributed by atoms with van der Waals surface area (Å²) < 4.78 is 44.6. The van der Waals surface area contributed by atoms with Gasteiger partial charge in [-0.25, -0.2) is 9.97 Å². The first-order valence-corrected chi connectivity index (χ1v) is 18.4. The fourth-order valence-corrected chi connectivity index (χ4v) is 7.17. The Morgan fingerprint density at radius 1 is 0.400 bits per heavy atom. The van der Waals surface area contributed by atoms with Crippen LogP contribution in [0.25, 0.3) is 67.5 Å². The summed E-state index contributed by atoms with van der Waals surface area (Å²) in [6, 6.07) is 37.0. The van der Waals surface area contributed by atoms with E-state index in [0.29, 0.717) is 39.5 Å². The lowest BCUT2D eigenvalue weighted by molar-refractivity contribution is -0.137. The van der Waals surface area contributed by atoms with E-state index in [0.717, 1.165) is 45.3 Å². The summed E-state index contributed by atoms with van der Waals surface area (Å²) in [5.41, 5.74) is 9.34. The molecule has 7 aromatic rings. The summed E-state index contributed by atoms with van der Waals surface area (Å²) in [6.07, 6.45) is -1.10. The Balaban J connectivity index is 1.56. The topological polar surface area (TPSA) is 51.6 Å². The molecule has 276 valence electrons. The van der Waals surface area contributed by atoms with Gasteiger partial charge in [0.1, 0.15) is 0 Å². The molecule has 0 unspecified atom stereocenters. The van der Waals surface area contributed by atoms with E-state index in [2.05, 4.69) is 47.6 Å². The van der Waals surface area contributed by atoms with Crippen LogP contribution in [-0.2, 0) is 17.0 Å². The number of benzene rings is 3. The molecule has 4 nitrogen and oxygen atoms in total. The molecule has 0 fully saturated rings. The van der Waals surface area contributed by atoms with E-state index in [1.807, 2.05) is 97.9 Å². The van der Waals surface area contributed by atoms with Gasteiger partial charge < -0.3 is 0 Å². The van der Waals surface area contributed by atoms with Crippen molar-refractivity contribution in [2.45, 2.75) is 65.5 Å². The maximum atomic E-state index is 14.9. The lowest BCUT2D eigenvalue weighted by Gasteiger charge is -2.23. The van der Waals surface area contributed by atoms with Gasteiger partial charge in [-0.15, -0.1) is 0 Å². The number of rotatable bonds is 6. The molecule has 0 radical (unpaired) electrons. The molecular formula is C48H43F3N4. The Labute approximate surface area is 321 Å². The molecule has 0 amide bonds. The highest BCUT2D eigenvalue weighted by Gasteiger charge is 2.34. The van der Waals surface area contributed by atoms with E-state index in [1.165, 1.54) is 12.1 Å². The van der Waals surface area contributed by atoms with Crippen LogP contribution in [0.1, 0.15) is 63.8 Å². The van der Waals surface area contributed by atoms with E-state index in [-0.39, 0.29) is 16.4 Å². The number of hydrogen-bond donors (Lipinski definition) is 0. The van der Waals surface area contributed by atoms with Crippen molar-refractivity contribution in [1.82, 2.24) is 19.9 Å². The highest BCUT2D eigenvalue weighted by atomic mass is 19.4. The normalized spacial score (nSPS) is 12.2. The number of hydrogen-bond acceptors (Lipinski definition) is 4. The van der Waals surface area contributed by atoms with Gasteiger partial charge in [-0.05, 0) is 111 Å². The first kappa shape index (κ1) is 37.4. The van der Waals surface area contributed by atoms with Gasteiger partial charge in [-0.1, -0.05) is 108 Å². The van der Waals surface area contributed by atoms with Crippen LogP contribution in [0, 0.1) is 6.92 Å². The standard InChI is InChI=1S/C48H43F3N4/c1-30-16-8-9-17-31(30)33-28-36(41-23-13-25-43(55-41)45-39(47(5,6)7)21-15-27-53-45)34(32-18-10-11-19-37(32)48(49,50)51)29-35(33)40-22-12-24-42(54-40)44-38(46(2,3)4)20-14-26-52-44/h8-29H,1-7H3. The second-order valence-corrected chi connectivity index (χ2v) is 15.9. The number of alkyl halides is 3. The molecule has 0 aliphatic carbocycles. The Kier molecular flexibility index (Phi) is 9.76. The highest BCUT2D eigenvalue weighted by molar-refractivity contribution is 5.95. The molecule has 3 aromatic carbocycles. The van der Waals surface area contributed by atoms with Gasteiger partial charge in [-0.2, -0.15) is 13.2 Å². The van der Waals surface area contributed by atoms with Crippen molar-refractivity contribution < 1.29 is 13.2 Å². The van der Waals surface area contributed by atoms with Crippen LogP contribution >= 0.6 is 0 Å². The van der Waals surface area contributed by atoms with Gasteiger partial charge in [0.2, 0.25) is 0 Å². The Morgan fingerprint density at radius 2 is 0.818 bits per heavy atom. The third-order valence-corrected chi connectivity index (χ3v) is 9.88. The van der Waals surface area contributed by atoms with Crippen LogP contribution in [-0.4, -0.2) is 19.9 Å². The van der Waals surface area contributed by atoms with Crippen LogP contribution in [0.5, 0.6) is 0 Å². The molecule has 0 aliphatic rings. The molecule has 7 heteroatoms. The summed E-state index contributed by atoms with van der Waals surface area (Å²) >= 11 is 0. The second kappa shape index (κ2) is 14.4. The highest BCUT2D eigenvalue weighted by Crippen LogP contribution is 2.46. The largest absolute Gasteiger partial charge is 0.417 e. The Morgan fingerprint density at radius 3 is 1.29 bits per heavy atom. The van der Waals surface area contributed by atoms with E-state index in [4.69, 9.17) is 19.9 Å². The van der Waals surface area contributed by atoms with Crippen molar-refractivity contribution in [2.24, 2.45) is 0 Å². The van der Waals surface area contributed by atoms with E-state index >= 15 is 0 Å². The lowest BCUT2D eigenvalue weighted by atomic mass is 9.84. The van der Waals surface area contributed by atoms with Gasteiger partial charge >= 0.3 is 6.18 Å². The molecule has 0 N–H and O–H groups in total. The minimum atomic E-state index is -4.60. The smallest absolute Gasteiger partial charge is 0.254 e. The first-order valence-electron chi connectivity index (χ1n) is 18.4. The molecule has 0 saturated heterocycles. The van der Waals surface area contributed by atoms with Gasteiger partial charge in [-0.3, -0.25) is 9.97 Å². The third-order valence-electron chi connectivity index (χ3n) is 9.88. The Bertz CT molecular complexity index is 2520. The molecule has 0 spiro atoms. The Hall–Kier alpha value is -5.95. The molecule has 7 rings (SSSR count). The predicted octanol–water partition coefficient (Wildman–Crippen LogP) is 13.2. The maximum Gasteiger partial charge on any atom is 0.417 e. The van der Waals surface area contributed by atoms with Crippen molar-refractivity contribution >= 4 is 0 Å². The summed E-state index contributed by atoms with van der Waals surface area (Å²) in [4.78, 5) is 19.8. The SMILES string of the molecule is Cc1ccccc1-c1cc(-c2cccc(-c3ncccc3C(C)(C)C)n2)c(-c2ccccc2C(F)(F)F)cc1-c1cccc(-c2ncccc2C(C)(C)C)n1. The van der Waals surface area contributed by atoms with Crippen molar-refractivity contribution in [1.29, 1.82) is 0 Å². The van der Waals surface area contributed by atoms with E-state index in [9.17, 15) is 13.2 Å². The predicted molar refractivity (Wildman–Crippen MR) is 217 cm³/mol. The molecule has 0 saturated carbocycles. The van der Waals surface area contributed by atoms with Crippen molar-refractivity contribution in [3.05, 3.63) is 156 Å². The van der Waals surface area contributed by atoms with Gasteiger partial charge in [0, 0.05) is 23.5 Å². The zero-order chi connectivity index (χ0) is 39.1. The van der Waals surface area contributed by atoms with Crippen molar-refractivity contribution in [3.8, 4) is 67.5 Å². The quantitative estimate of drug-likeness (QED) is 0.171. The molecule has 55 heavy (non-hydrogen) atoms. The summed E-state index contributed by atoms with van der Waals surface area (Å²) in [6.45, 7) is 14.8. The van der Waals surface area contributed by atoms with Crippen molar-refractivity contribution in [3.63, 3.8) is 0 Å². The summed E-state index contributed by atoms with van der Waals surface area (Å²) in [5, 5.41) is 0. The molecule has 0 bridgehead atoms. The zero-order valence-electron chi connectivity index (χ0n) is 32.1. The number of halogens is 3. The summed E-state index contributed by atoms with van der Waals surface area (Å²) in [7, 11) is 0.